The van der Waals surface area contributed by atoms with Crippen LogP contribution in [0.25, 0.3) is 0 Å². The predicted molar refractivity (Wildman–Crippen MR) is 75.6 cm³/mol. The first-order valence-corrected chi connectivity index (χ1v) is 6.96. The van der Waals surface area contributed by atoms with Crippen LogP contribution < -0.4 is 5.32 Å². The summed E-state index contributed by atoms with van der Waals surface area (Å²) in [5, 5.41) is 12.6. The van der Waals surface area contributed by atoms with Crippen molar-refractivity contribution >= 4 is 5.69 Å². The maximum Gasteiger partial charge on any atom is 0.0994 e. The molecular weight excluding hydrogens is 220 g/mol. The van der Waals surface area contributed by atoms with Gasteiger partial charge in [0.2, 0.25) is 0 Å². The van der Waals surface area contributed by atoms with Crippen molar-refractivity contribution in [3.63, 3.8) is 0 Å². The van der Waals surface area contributed by atoms with Crippen LogP contribution in [0.3, 0.4) is 0 Å². The van der Waals surface area contributed by atoms with Crippen LogP contribution in [-0.2, 0) is 0 Å². The molecule has 0 amide bonds. The van der Waals surface area contributed by atoms with E-state index in [-0.39, 0.29) is 0 Å². The number of hydrogen-bond acceptors (Lipinski definition) is 2. The van der Waals surface area contributed by atoms with Crippen LogP contribution >= 0.6 is 0 Å². The molecule has 0 aliphatic heterocycles. The number of anilines is 1. The van der Waals surface area contributed by atoms with E-state index in [1.54, 1.807) is 0 Å². The molecule has 2 rings (SSSR count). The largest absolute Gasteiger partial charge is 0.382 e. The maximum absolute atomic E-state index is 8.93. The number of benzene rings is 1. The van der Waals surface area contributed by atoms with Crippen molar-refractivity contribution in [2.45, 2.75) is 52.0 Å². The standard InChI is InChI=1S/C16H22N2/c1-12-4-3-5-15(8-6-12)18-16-9-7-14(11-17)13(2)10-16/h7,9-10,12,15,18H,3-6,8H2,1-2H3. The van der Waals surface area contributed by atoms with Crippen LogP contribution in [0.4, 0.5) is 5.69 Å². The molecule has 0 spiro atoms. The van der Waals surface area contributed by atoms with Gasteiger partial charge in [-0.25, -0.2) is 0 Å². The minimum absolute atomic E-state index is 0.599. The van der Waals surface area contributed by atoms with E-state index in [0.717, 1.165) is 22.7 Å². The van der Waals surface area contributed by atoms with E-state index in [2.05, 4.69) is 24.4 Å². The first kappa shape index (κ1) is 13.0. The van der Waals surface area contributed by atoms with Crippen molar-refractivity contribution in [2.75, 3.05) is 5.32 Å². The van der Waals surface area contributed by atoms with Gasteiger partial charge < -0.3 is 5.32 Å². The lowest BCUT2D eigenvalue weighted by Gasteiger charge is -2.18. The normalized spacial score (nSPS) is 24.1. The fourth-order valence-electron chi connectivity index (χ4n) is 2.75. The second kappa shape index (κ2) is 5.91. The number of nitrogens with one attached hydrogen (secondary N) is 1. The molecule has 1 aliphatic rings. The zero-order valence-corrected chi connectivity index (χ0v) is 11.4. The Kier molecular flexibility index (Phi) is 4.25. The van der Waals surface area contributed by atoms with E-state index < -0.39 is 0 Å². The summed E-state index contributed by atoms with van der Waals surface area (Å²) < 4.78 is 0. The molecule has 0 bridgehead atoms. The Balaban J connectivity index is 2.01. The molecule has 2 heteroatoms. The molecule has 2 nitrogen and oxygen atoms in total. The highest BCUT2D eigenvalue weighted by molar-refractivity contribution is 5.52. The highest BCUT2D eigenvalue weighted by Gasteiger charge is 2.15. The van der Waals surface area contributed by atoms with E-state index in [1.165, 1.54) is 32.1 Å². The van der Waals surface area contributed by atoms with Crippen molar-refractivity contribution in [3.05, 3.63) is 29.3 Å². The summed E-state index contributed by atoms with van der Waals surface area (Å²) in [6, 6.07) is 8.84. The third kappa shape index (κ3) is 3.26. The fourth-order valence-corrected chi connectivity index (χ4v) is 2.75. The van der Waals surface area contributed by atoms with E-state index in [4.69, 9.17) is 5.26 Å². The minimum atomic E-state index is 0.599. The lowest BCUT2D eigenvalue weighted by Crippen LogP contribution is -2.18. The molecule has 1 saturated carbocycles. The maximum atomic E-state index is 8.93. The summed E-state index contributed by atoms with van der Waals surface area (Å²) in [5.74, 6) is 0.875. The number of nitrogens with zero attached hydrogens (tertiary/aromatic N) is 1. The summed E-state index contributed by atoms with van der Waals surface area (Å²) >= 11 is 0. The summed E-state index contributed by atoms with van der Waals surface area (Å²) in [6.07, 6.45) is 6.55. The molecule has 0 heterocycles. The molecule has 0 saturated heterocycles. The quantitative estimate of drug-likeness (QED) is 0.787. The molecule has 2 unspecified atom stereocenters. The Morgan fingerprint density at radius 1 is 1.22 bits per heavy atom. The Labute approximate surface area is 110 Å². The zero-order valence-electron chi connectivity index (χ0n) is 11.4. The first-order valence-electron chi connectivity index (χ1n) is 6.96. The molecule has 0 aromatic heterocycles. The number of hydrogen-bond donors (Lipinski definition) is 1. The highest BCUT2D eigenvalue weighted by atomic mass is 14.9. The van der Waals surface area contributed by atoms with Gasteiger partial charge in [-0.2, -0.15) is 5.26 Å². The molecule has 1 aromatic carbocycles. The Hall–Kier alpha value is -1.49. The van der Waals surface area contributed by atoms with Crippen LogP contribution in [0.15, 0.2) is 18.2 Å². The zero-order chi connectivity index (χ0) is 13.0. The molecule has 0 radical (unpaired) electrons. The van der Waals surface area contributed by atoms with Gasteiger partial charge in [-0.05, 0) is 55.9 Å². The predicted octanol–water partition coefficient (Wildman–Crippen LogP) is 4.25. The molecule has 1 N–H and O–H groups in total. The van der Waals surface area contributed by atoms with Crippen molar-refractivity contribution < 1.29 is 0 Å². The molecule has 96 valence electrons. The van der Waals surface area contributed by atoms with Crippen LogP contribution in [0, 0.1) is 24.2 Å². The van der Waals surface area contributed by atoms with Gasteiger partial charge in [0.25, 0.3) is 0 Å². The lowest BCUT2D eigenvalue weighted by molar-refractivity contribution is 0.502. The molecule has 1 aromatic rings. The molecule has 1 fully saturated rings. The van der Waals surface area contributed by atoms with E-state index >= 15 is 0 Å². The van der Waals surface area contributed by atoms with Crippen molar-refractivity contribution in [1.82, 2.24) is 0 Å². The average Bonchev–Trinajstić information content (AvgIpc) is 2.55. The topological polar surface area (TPSA) is 35.8 Å². The van der Waals surface area contributed by atoms with Gasteiger partial charge in [0.15, 0.2) is 0 Å². The Bertz CT molecular complexity index is 445. The third-order valence-electron chi connectivity index (χ3n) is 3.98. The number of aryl methyl sites for hydroxylation is 1. The summed E-state index contributed by atoms with van der Waals surface area (Å²) in [4.78, 5) is 0. The van der Waals surface area contributed by atoms with Crippen molar-refractivity contribution in [2.24, 2.45) is 5.92 Å². The second-order valence-electron chi connectivity index (χ2n) is 5.60. The third-order valence-corrected chi connectivity index (χ3v) is 3.98. The van der Waals surface area contributed by atoms with Crippen LogP contribution in [-0.4, -0.2) is 6.04 Å². The van der Waals surface area contributed by atoms with Crippen molar-refractivity contribution in [1.29, 1.82) is 5.26 Å². The van der Waals surface area contributed by atoms with Crippen molar-refractivity contribution in [3.8, 4) is 6.07 Å². The Morgan fingerprint density at radius 2 is 2.06 bits per heavy atom. The lowest BCUT2D eigenvalue weighted by atomic mass is 10.0. The van der Waals surface area contributed by atoms with Gasteiger partial charge in [0.1, 0.15) is 0 Å². The fraction of sp³-hybridized carbons (Fsp3) is 0.562. The monoisotopic (exact) mass is 242 g/mol. The summed E-state index contributed by atoms with van der Waals surface area (Å²) in [5.41, 5.74) is 2.99. The SMILES string of the molecule is Cc1cc(NC2CCCC(C)CC2)ccc1C#N. The number of rotatable bonds is 2. The van der Waals surface area contributed by atoms with E-state index in [1.807, 2.05) is 19.1 Å². The van der Waals surface area contributed by atoms with Gasteiger partial charge >= 0.3 is 0 Å². The number of nitriles is 1. The van der Waals surface area contributed by atoms with Crippen LogP contribution in [0.2, 0.25) is 0 Å². The molecular formula is C16H22N2. The highest BCUT2D eigenvalue weighted by Crippen LogP contribution is 2.25. The first-order chi connectivity index (χ1) is 8.69. The minimum Gasteiger partial charge on any atom is -0.382 e. The van der Waals surface area contributed by atoms with Crippen LogP contribution in [0.1, 0.15) is 50.2 Å². The summed E-state index contributed by atoms with van der Waals surface area (Å²) in [7, 11) is 0. The van der Waals surface area contributed by atoms with Crippen LogP contribution in [0.5, 0.6) is 0 Å². The van der Waals surface area contributed by atoms with Gasteiger partial charge in [-0.3, -0.25) is 0 Å². The van der Waals surface area contributed by atoms with E-state index in [9.17, 15) is 0 Å². The van der Waals surface area contributed by atoms with E-state index in [0.29, 0.717) is 6.04 Å². The Morgan fingerprint density at radius 3 is 2.78 bits per heavy atom. The molecule has 1 aliphatic carbocycles. The smallest absolute Gasteiger partial charge is 0.0994 e. The second-order valence-corrected chi connectivity index (χ2v) is 5.60. The molecule has 18 heavy (non-hydrogen) atoms. The average molecular weight is 242 g/mol. The molecule has 2 atom stereocenters. The van der Waals surface area contributed by atoms with Gasteiger partial charge in [0.05, 0.1) is 11.6 Å². The van der Waals surface area contributed by atoms with Gasteiger partial charge in [-0.15, -0.1) is 0 Å². The summed E-state index contributed by atoms with van der Waals surface area (Å²) in [6.45, 7) is 4.35. The van der Waals surface area contributed by atoms with Gasteiger partial charge in [-0.1, -0.05) is 19.8 Å². The van der Waals surface area contributed by atoms with Gasteiger partial charge in [0, 0.05) is 11.7 Å².